The summed E-state index contributed by atoms with van der Waals surface area (Å²) in [4.78, 5) is 17.9. The molecule has 0 atom stereocenters. The average molecular weight is 468 g/mol. The SMILES string of the molecule is CC(=O)N(c1nc(CSc2nnc3c(Cl)cc(Cl)cn23)cs1)c1ccccc1F. The van der Waals surface area contributed by atoms with Crippen molar-refractivity contribution in [2.75, 3.05) is 4.90 Å². The van der Waals surface area contributed by atoms with E-state index >= 15 is 0 Å². The molecule has 29 heavy (non-hydrogen) atoms. The number of thiazole rings is 1. The Bertz CT molecular complexity index is 1210. The predicted molar refractivity (Wildman–Crippen MR) is 114 cm³/mol. The Morgan fingerprint density at radius 1 is 1.31 bits per heavy atom. The summed E-state index contributed by atoms with van der Waals surface area (Å²) in [6, 6.07) is 7.70. The molecule has 0 saturated carbocycles. The number of benzene rings is 1. The van der Waals surface area contributed by atoms with E-state index < -0.39 is 5.82 Å². The first-order valence-corrected chi connectivity index (χ1v) is 10.9. The fraction of sp³-hybridized carbons (Fsp3) is 0.111. The monoisotopic (exact) mass is 467 g/mol. The van der Waals surface area contributed by atoms with E-state index in [1.165, 1.54) is 41.0 Å². The Hall–Kier alpha value is -2.20. The molecule has 0 saturated heterocycles. The second-order valence-corrected chi connectivity index (χ2v) is 8.52. The van der Waals surface area contributed by atoms with Gasteiger partial charge in [0.05, 0.1) is 21.4 Å². The lowest BCUT2D eigenvalue weighted by Crippen LogP contribution is -2.23. The molecule has 3 heterocycles. The maximum absolute atomic E-state index is 14.2. The fourth-order valence-electron chi connectivity index (χ4n) is 2.65. The lowest BCUT2D eigenvalue weighted by molar-refractivity contribution is -0.115. The number of carbonyl (C=O) groups is 1. The summed E-state index contributed by atoms with van der Waals surface area (Å²) < 4.78 is 15.9. The van der Waals surface area contributed by atoms with Crippen molar-refractivity contribution < 1.29 is 9.18 Å². The van der Waals surface area contributed by atoms with Gasteiger partial charge in [-0.05, 0) is 18.2 Å². The topological polar surface area (TPSA) is 63.4 Å². The Balaban J connectivity index is 1.57. The van der Waals surface area contributed by atoms with Crippen molar-refractivity contribution in [2.24, 2.45) is 0 Å². The van der Waals surface area contributed by atoms with Gasteiger partial charge in [0.15, 0.2) is 15.9 Å². The maximum Gasteiger partial charge on any atom is 0.230 e. The van der Waals surface area contributed by atoms with Crippen molar-refractivity contribution in [2.45, 2.75) is 17.8 Å². The van der Waals surface area contributed by atoms with Crippen LogP contribution in [0.4, 0.5) is 15.2 Å². The molecule has 0 aliphatic carbocycles. The van der Waals surface area contributed by atoms with Gasteiger partial charge in [0, 0.05) is 24.3 Å². The number of anilines is 2. The minimum atomic E-state index is -0.488. The highest BCUT2D eigenvalue weighted by Crippen LogP contribution is 2.33. The molecule has 0 N–H and O–H groups in total. The van der Waals surface area contributed by atoms with Gasteiger partial charge in [0.25, 0.3) is 0 Å². The van der Waals surface area contributed by atoms with E-state index in [9.17, 15) is 9.18 Å². The average Bonchev–Trinajstić information content (AvgIpc) is 3.29. The molecule has 0 radical (unpaired) electrons. The number of thioether (sulfide) groups is 1. The zero-order valence-corrected chi connectivity index (χ0v) is 18.0. The summed E-state index contributed by atoms with van der Waals surface area (Å²) in [5.41, 5.74) is 1.41. The van der Waals surface area contributed by atoms with Gasteiger partial charge in [-0.25, -0.2) is 9.37 Å². The van der Waals surface area contributed by atoms with Gasteiger partial charge in [-0.3, -0.25) is 14.1 Å². The minimum Gasteiger partial charge on any atom is -0.275 e. The van der Waals surface area contributed by atoms with Gasteiger partial charge < -0.3 is 0 Å². The van der Waals surface area contributed by atoms with Crippen LogP contribution >= 0.6 is 46.3 Å². The minimum absolute atomic E-state index is 0.168. The van der Waals surface area contributed by atoms with Gasteiger partial charge >= 0.3 is 0 Å². The quantitative estimate of drug-likeness (QED) is 0.357. The number of rotatable bonds is 5. The number of nitrogens with zero attached hydrogens (tertiary/aromatic N) is 5. The molecular weight excluding hydrogens is 456 g/mol. The highest BCUT2D eigenvalue weighted by Gasteiger charge is 2.21. The van der Waals surface area contributed by atoms with Crippen LogP contribution in [0, 0.1) is 5.82 Å². The molecule has 11 heteroatoms. The molecular formula is C18H12Cl2FN5OS2. The summed E-state index contributed by atoms with van der Waals surface area (Å²) in [6.07, 6.45) is 1.69. The summed E-state index contributed by atoms with van der Waals surface area (Å²) in [7, 11) is 0. The molecule has 4 aromatic rings. The predicted octanol–water partition coefficient (Wildman–Crippen LogP) is 5.61. The first-order valence-electron chi connectivity index (χ1n) is 8.26. The van der Waals surface area contributed by atoms with Crippen molar-refractivity contribution in [3.63, 3.8) is 0 Å². The normalized spacial score (nSPS) is 11.2. The summed E-state index contributed by atoms with van der Waals surface area (Å²) in [5.74, 6) is -0.335. The molecule has 0 spiro atoms. The van der Waals surface area contributed by atoms with Crippen molar-refractivity contribution in [3.8, 4) is 0 Å². The number of pyridine rings is 1. The lowest BCUT2D eigenvalue weighted by atomic mass is 10.3. The molecule has 0 fully saturated rings. The van der Waals surface area contributed by atoms with Crippen LogP contribution in [-0.2, 0) is 10.5 Å². The molecule has 3 aromatic heterocycles. The van der Waals surface area contributed by atoms with Crippen LogP contribution in [-0.4, -0.2) is 25.5 Å². The Morgan fingerprint density at radius 2 is 2.10 bits per heavy atom. The van der Waals surface area contributed by atoms with Crippen molar-refractivity contribution >= 4 is 68.7 Å². The van der Waals surface area contributed by atoms with Gasteiger partial charge in [0.1, 0.15) is 5.82 Å². The molecule has 1 amide bonds. The number of hydrogen-bond acceptors (Lipinski definition) is 6. The zero-order chi connectivity index (χ0) is 20.5. The highest BCUT2D eigenvalue weighted by atomic mass is 35.5. The summed E-state index contributed by atoms with van der Waals surface area (Å²) in [5, 5.41) is 11.9. The molecule has 6 nitrogen and oxygen atoms in total. The number of amides is 1. The van der Waals surface area contributed by atoms with Gasteiger partial charge in [-0.2, -0.15) is 0 Å². The maximum atomic E-state index is 14.2. The largest absolute Gasteiger partial charge is 0.275 e. The smallest absolute Gasteiger partial charge is 0.230 e. The molecule has 0 unspecified atom stereocenters. The lowest BCUT2D eigenvalue weighted by Gasteiger charge is -2.18. The highest BCUT2D eigenvalue weighted by molar-refractivity contribution is 7.98. The van der Waals surface area contributed by atoms with Gasteiger partial charge in [0.2, 0.25) is 5.91 Å². The Morgan fingerprint density at radius 3 is 2.86 bits per heavy atom. The van der Waals surface area contributed by atoms with E-state index in [0.29, 0.717) is 31.7 Å². The standard InChI is InChI=1S/C18H12Cl2FN5OS2/c1-10(27)26(15-5-3-2-4-14(15)21)17-22-12(8-28-17)9-29-18-24-23-16-13(20)6-11(19)7-25(16)18/h2-8H,9H2,1H3. The second-order valence-electron chi connectivity index (χ2n) is 5.90. The van der Waals surface area contributed by atoms with Crippen LogP contribution in [0.3, 0.4) is 0 Å². The first kappa shape index (κ1) is 20.1. The van der Waals surface area contributed by atoms with E-state index in [2.05, 4.69) is 15.2 Å². The first-order chi connectivity index (χ1) is 13.9. The van der Waals surface area contributed by atoms with E-state index in [-0.39, 0.29) is 11.6 Å². The van der Waals surface area contributed by atoms with Crippen molar-refractivity contribution in [1.82, 2.24) is 19.6 Å². The number of aromatic nitrogens is 4. The fourth-order valence-corrected chi connectivity index (χ4v) is 4.94. The van der Waals surface area contributed by atoms with E-state index in [1.54, 1.807) is 34.9 Å². The van der Waals surface area contributed by atoms with Crippen LogP contribution < -0.4 is 4.90 Å². The molecule has 148 valence electrons. The third-order valence-electron chi connectivity index (χ3n) is 3.88. The van der Waals surface area contributed by atoms with Crippen LogP contribution in [0.2, 0.25) is 10.0 Å². The van der Waals surface area contributed by atoms with Gasteiger partial charge in [-0.1, -0.05) is 47.1 Å². The summed E-state index contributed by atoms with van der Waals surface area (Å²) >= 11 is 14.9. The number of carbonyl (C=O) groups excluding carboxylic acids is 1. The number of para-hydroxylation sites is 1. The van der Waals surface area contributed by atoms with Crippen LogP contribution in [0.15, 0.2) is 47.1 Å². The van der Waals surface area contributed by atoms with E-state index in [4.69, 9.17) is 23.2 Å². The van der Waals surface area contributed by atoms with Crippen molar-refractivity contribution in [1.29, 1.82) is 0 Å². The molecule has 0 aliphatic rings. The Kier molecular flexibility index (Phi) is 5.73. The zero-order valence-electron chi connectivity index (χ0n) is 14.8. The number of fused-ring (bicyclic) bond motifs is 1. The van der Waals surface area contributed by atoms with Gasteiger partial charge in [-0.15, -0.1) is 21.5 Å². The molecule has 0 bridgehead atoms. The van der Waals surface area contributed by atoms with Crippen LogP contribution in [0.5, 0.6) is 0 Å². The third kappa shape index (κ3) is 4.09. The number of hydrogen-bond donors (Lipinski definition) is 0. The Labute approximate surface area is 183 Å². The van der Waals surface area contributed by atoms with Crippen LogP contribution in [0.1, 0.15) is 12.6 Å². The summed E-state index contributed by atoms with van der Waals surface area (Å²) in [6.45, 7) is 1.37. The number of halogens is 3. The molecule has 1 aromatic carbocycles. The van der Waals surface area contributed by atoms with E-state index in [1.807, 2.05) is 5.38 Å². The molecule has 4 rings (SSSR count). The second kappa shape index (κ2) is 8.27. The van der Waals surface area contributed by atoms with E-state index in [0.717, 1.165) is 5.69 Å². The van der Waals surface area contributed by atoms with Crippen LogP contribution in [0.25, 0.3) is 5.65 Å². The molecule has 0 aliphatic heterocycles. The van der Waals surface area contributed by atoms with Crippen molar-refractivity contribution in [3.05, 3.63) is 63.5 Å². The third-order valence-corrected chi connectivity index (χ3v) is 6.22.